The summed E-state index contributed by atoms with van der Waals surface area (Å²) in [5.41, 5.74) is -4.28. The highest BCUT2D eigenvalue weighted by Gasteiger charge is 2.97. The van der Waals surface area contributed by atoms with E-state index in [9.17, 15) is 21.6 Å². The van der Waals surface area contributed by atoms with Gasteiger partial charge >= 0.3 is 6.18 Å². The number of fused-ring (bicyclic) bond motifs is 1. The molecule has 0 aromatic heterocycles. The van der Waals surface area contributed by atoms with Gasteiger partial charge in [0.2, 0.25) is 4.75 Å². The summed E-state index contributed by atoms with van der Waals surface area (Å²) in [5, 5.41) is 0. The van der Waals surface area contributed by atoms with Crippen molar-refractivity contribution in [3.05, 3.63) is 0 Å². The quantitative estimate of drug-likeness (QED) is 0.640. The molecule has 0 spiro atoms. The van der Waals surface area contributed by atoms with Gasteiger partial charge < -0.3 is 0 Å². The minimum absolute atomic E-state index is 0.413. The fourth-order valence-electron chi connectivity index (χ4n) is 5.96. The van der Waals surface area contributed by atoms with Crippen molar-refractivity contribution in [3.8, 4) is 0 Å². The molecule has 0 radical (unpaired) electrons. The van der Waals surface area contributed by atoms with Crippen molar-refractivity contribution in [2.24, 2.45) is 22.2 Å². The summed E-state index contributed by atoms with van der Waals surface area (Å²) in [6, 6.07) is 0. The van der Waals surface area contributed by atoms with Crippen molar-refractivity contribution in [2.75, 3.05) is 0 Å². The first-order chi connectivity index (χ1) is 9.07. The molecule has 3 aliphatic rings. The minimum atomic E-state index is -4.85. The summed E-state index contributed by atoms with van der Waals surface area (Å²) in [5.74, 6) is -0.413. The maximum Gasteiger partial charge on any atom is 0.411 e. The van der Waals surface area contributed by atoms with E-state index in [1.165, 1.54) is 6.92 Å². The second-order valence-electron chi connectivity index (χ2n) is 8.04. The lowest BCUT2D eigenvalue weighted by atomic mass is 9.53. The first kappa shape index (κ1) is 15.6. The molecule has 5 unspecified atom stereocenters. The van der Waals surface area contributed by atoms with Crippen LogP contribution in [0.4, 0.5) is 13.2 Å². The van der Waals surface area contributed by atoms with Gasteiger partial charge in [0.1, 0.15) is 0 Å². The molecule has 2 bridgehead atoms. The van der Waals surface area contributed by atoms with Crippen molar-refractivity contribution >= 4 is 10.1 Å². The average Bonchev–Trinajstić information content (AvgIpc) is 2.57. The van der Waals surface area contributed by atoms with Crippen LogP contribution < -0.4 is 0 Å². The second-order valence-corrected chi connectivity index (χ2v) is 9.81. The van der Waals surface area contributed by atoms with E-state index in [1.54, 1.807) is 20.8 Å². The number of halogens is 3. The Morgan fingerprint density at radius 1 is 1.10 bits per heavy atom. The van der Waals surface area contributed by atoms with E-state index in [-0.39, 0.29) is 0 Å². The first-order valence-electron chi connectivity index (χ1n) is 7.09. The Morgan fingerprint density at radius 2 is 1.57 bits per heavy atom. The van der Waals surface area contributed by atoms with Crippen molar-refractivity contribution in [1.82, 2.24) is 0 Å². The minimum Gasteiger partial charge on any atom is -0.262 e. The number of hydrogen-bond acceptors (Lipinski definition) is 3. The van der Waals surface area contributed by atoms with E-state index in [1.807, 2.05) is 13.8 Å². The van der Waals surface area contributed by atoms with Crippen molar-refractivity contribution < 1.29 is 25.8 Å². The largest absolute Gasteiger partial charge is 0.411 e. The third-order valence-electron chi connectivity index (χ3n) is 8.05. The van der Waals surface area contributed by atoms with Crippen LogP contribution >= 0.6 is 0 Å². The first-order valence-corrected chi connectivity index (χ1v) is 8.50. The fraction of sp³-hybridized carbons (Fsp3) is 1.00. The third kappa shape index (κ3) is 1.02. The Balaban J connectivity index is 2.49. The predicted octanol–water partition coefficient (Wildman–Crippen LogP) is 3.50. The molecule has 2 aliphatic carbocycles. The van der Waals surface area contributed by atoms with Crippen LogP contribution in [0.2, 0.25) is 0 Å². The molecule has 1 saturated heterocycles. The number of alkyl halides is 3. The molecule has 3 rings (SSSR count). The monoisotopic (exact) mass is 326 g/mol. The summed E-state index contributed by atoms with van der Waals surface area (Å²) < 4.78 is 69.3. The molecule has 0 N–H and O–H groups in total. The van der Waals surface area contributed by atoms with Gasteiger partial charge in [0, 0.05) is 10.8 Å². The second kappa shape index (κ2) is 3.16. The Kier molecular flexibility index (Phi) is 2.35. The molecule has 2 saturated carbocycles. The summed E-state index contributed by atoms with van der Waals surface area (Å²) in [6.45, 7) is 10.2. The molecule has 122 valence electrons. The molecule has 0 aromatic carbocycles. The smallest absolute Gasteiger partial charge is 0.262 e. The SMILES string of the molecule is CC1C2(C)CC3(C(F)(F)F)C1(C)C(C)(OS3(=O)=O)C2(C)C. The maximum absolute atomic E-state index is 13.9. The van der Waals surface area contributed by atoms with Gasteiger partial charge in [-0.25, -0.2) is 0 Å². The van der Waals surface area contributed by atoms with Gasteiger partial charge in [0.05, 0.1) is 5.60 Å². The highest BCUT2D eigenvalue weighted by atomic mass is 32.2. The van der Waals surface area contributed by atoms with Gasteiger partial charge in [-0.15, -0.1) is 0 Å². The molecule has 3 nitrogen and oxygen atoms in total. The van der Waals surface area contributed by atoms with E-state index in [0.717, 1.165) is 0 Å². The van der Waals surface area contributed by atoms with Crippen LogP contribution in [0.25, 0.3) is 0 Å². The predicted molar refractivity (Wildman–Crippen MR) is 71.0 cm³/mol. The van der Waals surface area contributed by atoms with E-state index in [0.29, 0.717) is 0 Å². The van der Waals surface area contributed by atoms with Crippen molar-refractivity contribution in [2.45, 2.75) is 64.5 Å². The summed E-state index contributed by atoms with van der Waals surface area (Å²) in [7, 11) is -4.73. The lowest BCUT2D eigenvalue weighted by Gasteiger charge is -2.52. The van der Waals surface area contributed by atoms with E-state index in [4.69, 9.17) is 4.18 Å². The molecule has 0 aromatic rings. The topological polar surface area (TPSA) is 43.4 Å². The zero-order valence-corrected chi connectivity index (χ0v) is 13.9. The fourth-order valence-corrected chi connectivity index (χ4v) is 8.57. The van der Waals surface area contributed by atoms with E-state index < -0.39 is 55.2 Å². The molecule has 0 amide bonds. The van der Waals surface area contributed by atoms with Gasteiger partial charge in [-0.3, -0.25) is 4.18 Å². The average molecular weight is 326 g/mol. The molecular formula is C14H21F3O3S. The van der Waals surface area contributed by atoms with Gasteiger partial charge in [-0.05, 0) is 24.7 Å². The molecular weight excluding hydrogens is 305 g/mol. The summed E-state index contributed by atoms with van der Waals surface area (Å²) in [4.78, 5) is 0. The molecule has 7 heteroatoms. The van der Waals surface area contributed by atoms with E-state index >= 15 is 0 Å². The van der Waals surface area contributed by atoms with Crippen LogP contribution in [0.1, 0.15) is 48.0 Å². The van der Waals surface area contributed by atoms with E-state index in [2.05, 4.69) is 0 Å². The zero-order chi connectivity index (χ0) is 16.5. The van der Waals surface area contributed by atoms with Crippen LogP contribution in [0.3, 0.4) is 0 Å². The highest BCUT2D eigenvalue weighted by molar-refractivity contribution is 7.88. The Bertz CT molecular complexity index is 640. The lowest BCUT2D eigenvalue weighted by Crippen LogP contribution is -2.64. The van der Waals surface area contributed by atoms with Crippen LogP contribution in [-0.4, -0.2) is 24.9 Å². The Hall–Kier alpha value is -0.300. The summed E-state index contributed by atoms with van der Waals surface area (Å²) >= 11 is 0. The van der Waals surface area contributed by atoms with Crippen molar-refractivity contribution in [3.63, 3.8) is 0 Å². The maximum atomic E-state index is 13.9. The normalized spacial score (nSPS) is 56.9. The lowest BCUT2D eigenvalue weighted by molar-refractivity contribution is -0.214. The molecule has 1 heterocycles. The Morgan fingerprint density at radius 3 is 1.95 bits per heavy atom. The van der Waals surface area contributed by atoms with Gasteiger partial charge in [-0.1, -0.05) is 34.6 Å². The summed E-state index contributed by atoms with van der Waals surface area (Å²) in [6.07, 6.45) is -5.27. The zero-order valence-electron chi connectivity index (χ0n) is 13.1. The third-order valence-corrected chi connectivity index (χ3v) is 10.3. The van der Waals surface area contributed by atoms with Gasteiger partial charge in [0.25, 0.3) is 10.1 Å². The van der Waals surface area contributed by atoms with Crippen LogP contribution in [0.15, 0.2) is 0 Å². The van der Waals surface area contributed by atoms with Gasteiger partial charge in [0.15, 0.2) is 0 Å². The highest BCUT2D eigenvalue weighted by Crippen LogP contribution is 2.87. The number of rotatable bonds is 0. The van der Waals surface area contributed by atoms with Crippen molar-refractivity contribution in [1.29, 1.82) is 0 Å². The Labute approximate surface area is 123 Å². The van der Waals surface area contributed by atoms with Crippen LogP contribution in [0, 0.1) is 22.2 Å². The number of hydrogen-bond donors (Lipinski definition) is 0. The standard InChI is InChI=1S/C14H21F3O3S/c1-8-10(4)7-13(14(15,16)17)11(8,5)12(6,9(10,2)3)20-21(13,18)19/h8H,7H2,1-6H3. The molecule has 1 aliphatic heterocycles. The molecule has 5 atom stereocenters. The van der Waals surface area contributed by atoms with Crippen LogP contribution in [0.5, 0.6) is 0 Å². The molecule has 3 fully saturated rings. The van der Waals surface area contributed by atoms with Crippen LogP contribution in [-0.2, 0) is 14.3 Å². The van der Waals surface area contributed by atoms with Gasteiger partial charge in [-0.2, -0.15) is 21.6 Å². The molecule has 21 heavy (non-hydrogen) atoms.